The first-order valence-corrected chi connectivity index (χ1v) is 44.6. The summed E-state index contributed by atoms with van der Waals surface area (Å²) in [5, 5.41) is 65.8. The number of carboxylic acids is 1. The van der Waals surface area contributed by atoms with E-state index in [9.17, 15) is 106 Å². The van der Waals surface area contributed by atoms with Gasteiger partial charge in [-0.2, -0.15) is 25.3 Å². The minimum atomic E-state index is -1.83. The Balaban J connectivity index is 1.08. The molecule has 3 aliphatic rings. The van der Waals surface area contributed by atoms with Crippen LogP contribution < -0.4 is 103 Å². The minimum absolute atomic E-state index is 0.0195. The Kier molecular flexibility index (Phi) is 43.8. The molecule has 3 fully saturated rings. The third-order valence-electron chi connectivity index (χ3n) is 22.0. The van der Waals surface area contributed by atoms with E-state index in [4.69, 9.17) is 28.7 Å². The van der Waals surface area contributed by atoms with E-state index in [2.05, 4.69) is 115 Å². The van der Waals surface area contributed by atoms with Gasteiger partial charge in [0.05, 0.1) is 51.1 Å². The number of carboxylic acid groups (broad SMARTS) is 1. The molecule has 3 aromatic rings. The number of nitrogens with zero attached hydrogens (tertiary/aromatic N) is 4. The minimum Gasteiger partial charge on any atom is -0.508 e. The summed E-state index contributed by atoms with van der Waals surface area (Å²) < 4.78 is -1.47. The number of imidazole rings is 1. The first-order valence-electron chi connectivity index (χ1n) is 43.5. The third kappa shape index (κ3) is 36.5. The molecule has 0 spiro atoms. The van der Waals surface area contributed by atoms with E-state index in [1.807, 2.05) is 0 Å². The Morgan fingerprint density at radius 2 is 1.08 bits per heavy atom. The molecule has 2 saturated heterocycles. The first-order chi connectivity index (χ1) is 62.4. The standard InChI is InChI=1S/C84H126N24O22S2/c1-44(2)31-53(74(121)103-58(34-48-22-24-50(110)25-23-48)81(128)108-30-13-20-60(108)78(125)104-59(42-131)77(124)102-57(36-63(87)112)72(119)95-41-67(116)107-29-14-21-61(107)82(129)130)97-65(114)39-92-64(113)38-93-71(118)54(32-46-15-8-6-9-16-46)100-75(122)56(35-49-37-90-43-96-49)98-66(115)40-94-79(126)68(45(3)109)105-80(127)69(84(4,5)132)106-76(123)55(33-47-17-10-7-11-18-47)101-73(120)52(19-12-28-91-83(88)89)99-70(117)51(85)26-27-62(86)111/h7,10-11,17-18,22-25,37,43-46,51-61,68-69,109-110,131-132H,6,8-9,12-16,19-21,26-36,38-42,85H2,1-5H3,(H2,86,111)(H2,87,112)(H,90,96)(H,92,113)(H,93,118)(H,94,126)(H,95,119)(H,97,114)(H,98,115)(H,99,117)(H,100,122)(H,101,120)(H,102,124)(H,103,121)(H,104,125)(H,105,127)(H,106,123)(H,129,130)(H4,88,89,91)/t45-,51+,52+,53+,54+,55+,56+,57+,58+,59+,60+,61+,68+,69-/m1/s1. The molecule has 2 aliphatic heterocycles. The van der Waals surface area contributed by atoms with Crippen LogP contribution in [0, 0.1) is 11.8 Å². The second-order valence-corrected chi connectivity index (χ2v) is 35.3. The SMILES string of the molecule is CC(C)C[C@H](NC(=O)CNC(=O)CNC(=O)[C@H](CC1CCCCC1)NC(=O)[C@H](Cc1cnc[nH]1)NC(=O)CNC(=O)[C@@H](NC(=O)[C@@H](NC(=O)[C@H](Cc1ccccc1)NC(=O)[C@H](CCCN=C(N)N)NC(=O)[C@@H](N)CCC(N)=O)C(C)(C)S)[C@@H](C)O)C(=O)N[C@@H](Cc1ccc(O)cc1)C(=O)N1CCC[C@H]1C(=O)N[C@@H](CS)C(=O)N[C@@H](CC(N)=O)C(=O)NCC(=O)N1CCC[C@H]1C(=O)O. The van der Waals surface area contributed by atoms with Crippen molar-refractivity contribution < 1.29 is 106 Å². The van der Waals surface area contributed by atoms with Crippen LogP contribution in [-0.2, 0) is 110 Å². The molecular weight excluding hydrogens is 1760 g/mol. The number of phenols is 1. The van der Waals surface area contributed by atoms with E-state index < -0.39 is 234 Å². The molecule has 28 N–H and O–H groups in total. The van der Waals surface area contributed by atoms with Gasteiger partial charge >= 0.3 is 5.97 Å². The number of hydrogen-bond donors (Lipinski definition) is 25. The molecule has 48 heteroatoms. The number of aliphatic hydroxyl groups excluding tert-OH is 1. The molecule has 3 heterocycles. The molecule has 6 rings (SSSR count). The lowest BCUT2D eigenvalue weighted by Gasteiger charge is -2.33. The Hall–Kier alpha value is -12.7. The fraction of sp³-hybridized carbons (Fsp3) is 0.583. The van der Waals surface area contributed by atoms with Crippen LogP contribution in [0.3, 0.4) is 0 Å². The lowest BCUT2D eigenvalue weighted by molar-refractivity contribution is -0.148. The van der Waals surface area contributed by atoms with Crippen molar-refractivity contribution in [2.45, 2.75) is 246 Å². The van der Waals surface area contributed by atoms with Crippen molar-refractivity contribution >= 4 is 144 Å². The van der Waals surface area contributed by atoms with Crippen LogP contribution in [0.25, 0.3) is 0 Å². The Morgan fingerprint density at radius 1 is 0.538 bits per heavy atom. The molecule has 2 aromatic carbocycles. The Morgan fingerprint density at radius 3 is 1.68 bits per heavy atom. The average Bonchev–Trinajstić information content (AvgIpc) is 1.70. The number of aromatic nitrogens is 2. The number of rotatable bonds is 53. The zero-order valence-electron chi connectivity index (χ0n) is 74.3. The van der Waals surface area contributed by atoms with Gasteiger partial charge in [-0.15, -0.1) is 0 Å². The molecule has 1 aliphatic carbocycles. The summed E-state index contributed by atoms with van der Waals surface area (Å²) in [5.41, 5.74) is 29.0. The van der Waals surface area contributed by atoms with Crippen molar-refractivity contribution in [3.8, 4) is 5.75 Å². The van der Waals surface area contributed by atoms with Gasteiger partial charge in [0.15, 0.2) is 5.96 Å². The van der Waals surface area contributed by atoms with Crippen molar-refractivity contribution in [3.05, 3.63) is 83.9 Å². The number of nitrogens with one attached hydrogen (secondary N) is 15. The number of aliphatic hydroxyl groups is 1. The van der Waals surface area contributed by atoms with Gasteiger partial charge in [0.1, 0.15) is 78.3 Å². The molecule has 1 saturated carbocycles. The predicted octanol–water partition coefficient (Wildman–Crippen LogP) is -6.92. The zero-order valence-corrected chi connectivity index (χ0v) is 76.1. The number of benzene rings is 2. The summed E-state index contributed by atoms with van der Waals surface area (Å²) in [4.78, 5) is 273. The fourth-order valence-electron chi connectivity index (χ4n) is 15.0. The number of aliphatic carboxylic acids is 1. The number of nitrogens with two attached hydrogens (primary N) is 5. The topological polar surface area (TPSA) is 731 Å². The van der Waals surface area contributed by atoms with E-state index in [0.717, 1.165) is 31.1 Å². The number of guanidine groups is 1. The van der Waals surface area contributed by atoms with Gasteiger partial charge in [-0.3, -0.25) is 91.3 Å². The number of carbonyl (C=O) groups is 19. The van der Waals surface area contributed by atoms with Gasteiger partial charge in [-0.1, -0.05) is 88.4 Å². The maximum absolute atomic E-state index is 14.9. The maximum atomic E-state index is 14.9. The van der Waals surface area contributed by atoms with Crippen LogP contribution in [0.1, 0.15) is 154 Å². The van der Waals surface area contributed by atoms with Crippen molar-refractivity contribution in [1.82, 2.24) is 94.2 Å². The monoisotopic (exact) mass is 1890 g/mol. The molecule has 1 aromatic heterocycles. The highest BCUT2D eigenvalue weighted by Crippen LogP contribution is 2.29. The highest BCUT2D eigenvalue weighted by atomic mass is 32.1. The number of amides is 18. The van der Waals surface area contributed by atoms with Gasteiger partial charge in [0, 0.05) is 67.7 Å². The molecule has 0 unspecified atom stereocenters. The molecule has 0 radical (unpaired) electrons. The summed E-state index contributed by atoms with van der Waals surface area (Å²) >= 11 is 8.83. The summed E-state index contributed by atoms with van der Waals surface area (Å²) in [6.07, 6.45) is 4.13. The van der Waals surface area contributed by atoms with Crippen molar-refractivity contribution in [3.63, 3.8) is 0 Å². The van der Waals surface area contributed by atoms with Crippen molar-refractivity contribution in [2.75, 3.05) is 51.6 Å². The lowest BCUT2D eigenvalue weighted by Crippen LogP contribution is -2.64. The van der Waals surface area contributed by atoms with Gasteiger partial charge in [0.25, 0.3) is 0 Å². The van der Waals surface area contributed by atoms with Crippen LogP contribution in [0.15, 0.2) is 72.1 Å². The van der Waals surface area contributed by atoms with Crippen LogP contribution in [-0.4, -0.2) is 294 Å². The van der Waals surface area contributed by atoms with E-state index >= 15 is 0 Å². The number of aliphatic imine (C=N–C) groups is 1. The molecule has 18 amide bonds. The lowest BCUT2D eigenvalue weighted by atomic mass is 9.84. The van der Waals surface area contributed by atoms with Crippen LogP contribution >= 0.6 is 25.3 Å². The molecule has 14 atom stereocenters. The second kappa shape index (κ2) is 53.6. The number of primary amides is 2. The van der Waals surface area contributed by atoms with Gasteiger partial charge in [-0.25, -0.2) is 9.78 Å². The number of aromatic hydroxyl groups is 1. The van der Waals surface area contributed by atoms with Gasteiger partial charge in [0.2, 0.25) is 106 Å². The zero-order chi connectivity index (χ0) is 97.6. The Labute approximate surface area is 773 Å². The quantitative estimate of drug-likeness (QED) is 0.0108. The molecule has 132 heavy (non-hydrogen) atoms. The second-order valence-electron chi connectivity index (χ2n) is 33.8. The molecular formula is C84H126N24O22S2. The fourth-order valence-corrected chi connectivity index (χ4v) is 15.5. The van der Waals surface area contributed by atoms with Crippen molar-refractivity contribution in [2.24, 2.45) is 45.5 Å². The van der Waals surface area contributed by atoms with Gasteiger partial charge < -0.3 is 133 Å². The maximum Gasteiger partial charge on any atom is 0.326 e. The number of hydrogen-bond acceptors (Lipinski definition) is 26. The average molecular weight is 1890 g/mol. The van der Waals surface area contributed by atoms with Gasteiger partial charge in [-0.05, 0) is 114 Å². The van der Waals surface area contributed by atoms with Crippen LogP contribution in [0.2, 0.25) is 0 Å². The number of carbonyl (C=O) groups excluding carboxylic acids is 18. The largest absolute Gasteiger partial charge is 0.508 e. The summed E-state index contributed by atoms with van der Waals surface area (Å²) in [5.74, 6) is -18.7. The molecule has 46 nitrogen and oxygen atoms in total. The first kappa shape index (κ1) is 108. The van der Waals surface area contributed by atoms with E-state index in [1.165, 1.54) is 55.5 Å². The van der Waals surface area contributed by atoms with Crippen LogP contribution in [0.4, 0.5) is 0 Å². The van der Waals surface area contributed by atoms with Crippen LogP contribution in [0.5, 0.6) is 5.75 Å². The smallest absolute Gasteiger partial charge is 0.326 e. The summed E-state index contributed by atoms with van der Waals surface area (Å²) in [6, 6.07) is -4.73. The van der Waals surface area contributed by atoms with E-state index in [0.29, 0.717) is 36.1 Å². The highest BCUT2D eigenvalue weighted by Gasteiger charge is 2.44. The van der Waals surface area contributed by atoms with Crippen molar-refractivity contribution in [1.29, 1.82) is 0 Å². The number of H-pyrrole nitrogens is 1. The van der Waals surface area contributed by atoms with E-state index in [-0.39, 0.29) is 126 Å². The number of likely N-dealkylation sites (tertiary alicyclic amines) is 2. The number of phenolic OH excluding ortho intramolecular Hbond substituents is 1. The molecule has 0 bridgehead atoms. The molecule has 726 valence electrons. The number of thiol groups is 2. The van der Waals surface area contributed by atoms with E-state index in [1.54, 1.807) is 44.2 Å². The highest BCUT2D eigenvalue weighted by molar-refractivity contribution is 7.81. The Bertz CT molecular complexity index is 4530. The predicted molar refractivity (Wildman–Crippen MR) is 482 cm³/mol. The normalized spacial score (nSPS) is 17.1. The summed E-state index contributed by atoms with van der Waals surface area (Å²) in [6.45, 7) is 4.61. The summed E-state index contributed by atoms with van der Waals surface area (Å²) in [7, 11) is 0. The number of aromatic amines is 1. The third-order valence-corrected chi connectivity index (χ3v) is 22.6.